The first-order valence-electron chi connectivity index (χ1n) is 10.5. The Morgan fingerprint density at radius 3 is 2.59 bits per heavy atom. The monoisotopic (exact) mass is 474 g/mol. The summed E-state index contributed by atoms with van der Waals surface area (Å²) in [5, 5.41) is 13.4. The molecule has 0 fully saturated rings. The first-order valence-corrected chi connectivity index (χ1v) is 11.4. The second kappa shape index (κ2) is 8.35. The number of benzene rings is 1. The molecule has 0 unspecified atom stereocenters. The molecule has 0 radical (unpaired) electrons. The number of hydrogen-bond acceptors (Lipinski definition) is 7. The molecule has 0 bridgehead atoms. The minimum Gasteiger partial charge on any atom is -0.501 e. The van der Waals surface area contributed by atoms with Crippen LogP contribution in [0.1, 0.15) is 17.1 Å². The summed E-state index contributed by atoms with van der Waals surface area (Å²) in [7, 11) is 1.60. The van der Waals surface area contributed by atoms with Gasteiger partial charge in [-0.15, -0.1) is 11.3 Å². The number of thiazole rings is 1. The van der Waals surface area contributed by atoms with E-state index in [2.05, 4.69) is 14.5 Å². The molecular weight excluding hydrogens is 452 g/mol. The molecule has 4 heterocycles. The van der Waals surface area contributed by atoms with Gasteiger partial charge in [0.25, 0.3) is 0 Å². The standard InChI is InChI=1S/C25H22N4O4S/c1-13-11-18(15(3)29(13)25-26-9-10-34-25)24-27-20(16-5-7-17(32-4)8-6-16)21(28-24)23-22(31)19(30)12-14(2)33-23/h5-12,31H,1-4H3,(H,27,28). The summed E-state index contributed by atoms with van der Waals surface area (Å²) in [6.07, 6.45) is 1.77. The molecule has 0 saturated heterocycles. The predicted molar refractivity (Wildman–Crippen MR) is 131 cm³/mol. The molecule has 0 amide bonds. The highest BCUT2D eigenvalue weighted by molar-refractivity contribution is 7.12. The number of aryl methyl sites for hydroxylation is 2. The average Bonchev–Trinajstić information content (AvgIpc) is 3.55. The first kappa shape index (κ1) is 21.7. The molecular formula is C25H22N4O4S. The molecule has 0 spiro atoms. The van der Waals surface area contributed by atoms with Gasteiger partial charge in [-0.1, -0.05) is 0 Å². The number of H-pyrrole nitrogens is 1. The highest BCUT2D eigenvalue weighted by atomic mass is 32.1. The summed E-state index contributed by atoms with van der Waals surface area (Å²) in [5.41, 5.74) is 4.06. The van der Waals surface area contributed by atoms with E-state index in [-0.39, 0.29) is 5.76 Å². The van der Waals surface area contributed by atoms with Crippen molar-refractivity contribution in [2.45, 2.75) is 20.8 Å². The van der Waals surface area contributed by atoms with Crippen LogP contribution in [0.15, 0.2) is 57.2 Å². The number of aromatic amines is 1. The van der Waals surface area contributed by atoms with E-state index in [0.29, 0.717) is 28.7 Å². The molecule has 5 rings (SSSR count). The Kier molecular flexibility index (Phi) is 5.33. The quantitative estimate of drug-likeness (QED) is 0.360. The summed E-state index contributed by atoms with van der Waals surface area (Å²) in [5.74, 6) is 1.25. The van der Waals surface area contributed by atoms with Crippen molar-refractivity contribution in [3.05, 3.63) is 75.3 Å². The third kappa shape index (κ3) is 3.60. The Bertz CT molecular complexity index is 1540. The van der Waals surface area contributed by atoms with Crippen LogP contribution in [0.4, 0.5) is 0 Å². The zero-order valence-corrected chi connectivity index (χ0v) is 19.9. The van der Waals surface area contributed by atoms with Crippen molar-refractivity contribution in [3.63, 3.8) is 0 Å². The Labute approximate surface area is 199 Å². The van der Waals surface area contributed by atoms with E-state index >= 15 is 0 Å². The number of aromatic nitrogens is 4. The Morgan fingerprint density at radius 2 is 1.91 bits per heavy atom. The van der Waals surface area contributed by atoms with E-state index in [1.54, 1.807) is 31.6 Å². The van der Waals surface area contributed by atoms with Gasteiger partial charge < -0.3 is 19.2 Å². The van der Waals surface area contributed by atoms with Gasteiger partial charge in [0.1, 0.15) is 28.7 Å². The summed E-state index contributed by atoms with van der Waals surface area (Å²) in [6.45, 7) is 5.68. The lowest BCUT2D eigenvalue weighted by Gasteiger charge is -2.06. The summed E-state index contributed by atoms with van der Waals surface area (Å²) in [4.78, 5) is 24.9. The van der Waals surface area contributed by atoms with Crippen molar-refractivity contribution in [1.29, 1.82) is 0 Å². The second-order valence-electron chi connectivity index (χ2n) is 7.87. The number of rotatable bonds is 5. The van der Waals surface area contributed by atoms with Gasteiger partial charge in [-0.3, -0.25) is 9.36 Å². The van der Waals surface area contributed by atoms with E-state index in [1.807, 2.05) is 49.6 Å². The lowest BCUT2D eigenvalue weighted by molar-refractivity contribution is 0.415. The number of methoxy groups -OCH3 is 1. The molecule has 2 N–H and O–H groups in total. The molecule has 1 aromatic carbocycles. The number of hydrogen-bond donors (Lipinski definition) is 2. The van der Waals surface area contributed by atoms with Gasteiger partial charge in [0.2, 0.25) is 11.2 Å². The largest absolute Gasteiger partial charge is 0.501 e. The summed E-state index contributed by atoms with van der Waals surface area (Å²) in [6, 6.07) is 10.7. The third-order valence-electron chi connectivity index (χ3n) is 5.64. The van der Waals surface area contributed by atoms with Crippen molar-refractivity contribution < 1.29 is 14.3 Å². The average molecular weight is 475 g/mol. The number of ether oxygens (including phenoxy) is 1. The van der Waals surface area contributed by atoms with Crippen molar-refractivity contribution in [3.8, 4) is 50.7 Å². The number of imidazole rings is 1. The van der Waals surface area contributed by atoms with Gasteiger partial charge in [0.05, 0.1) is 7.11 Å². The molecule has 0 saturated carbocycles. The van der Waals surface area contributed by atoms with E-state index in [1.165, 1.54) is 6.07 Å². The fourth-order valence-electron chi connectivity index (χ4n) is 4.02. The first-order chi connectivity index (χ1) is 16.4. The van der Waals surface area contributed by atoms with E-state index < -0.39 is 11.2 Å². The fraction of sp³-hybridized carbons (Fsp3) is 0.160. The van der Waals surface area contributed by atoms with Crippen molar-refractivity contribution in [1.82, 2.24) is 19.5 Å². The molecule has 0 atom stereocenters. The molecule has 0 aliphatic carbocycles. The molecule has 4 aromatic heterocycles. The van der Waals surface area contributed by atoms with Crippen molar-refractivity contribution >= 4 is 11.3 Å². The maximum atomic E-state index is 12.3. The third-order valence-corrected chi connectivity index (χ3v) is 6.39. The molecule has 0 aliphatic rings. The van der Waals surface area contributed by atoms with Crippen LogP contribution in [0.25, 0.3) is 39.2 Å². The van der Waals surface area contributed by atoms with Crippen molar-refractivity contribution in [2.75, 3.05) is 7.11 Å². The minimum absolute atomic E-state index is 0.0447. The zero-order valence-electron chi connectivity index (χ0n) is 19.0. The minimum atomic E-state index is -0.516. The van der Waals surface area contributed by atoms with Crippen LogP contribution in [0, 0.1) is 20.8 Å². The molecule has 5 aromatic rings. The zero-order chi connectivity index (χ0) is 24.0. The van der Waals surface area contributed by atoms with Crippen LogP contribution in [0.3, 0.4) is 0 Å². The van der Waals surface area contributed by atoms with Gasteiger partial charge >= 0.3 is 0 Å². The number of nitrogens with zero attached hydrogens (tertiary/aromatic N) is 3. The lowest BCUT2D eigenvalue weighted by Crippen LogP contribution is -2.01. The van der Waals surface area contributed by atoms with Gasteiger partial charge in [-0.2, -0.15) is 0 Å². The van der Waals surface area contributed by atoms with Crippen LogP contribution >= 0.6 is 11.3 Å². The molecule has 0 aliphatic heterocycles. The number of nitrogens with one attached hydrogen (secondary N) is 1. The predicted octanol–water partition coefficient (Wildman–Crippen LogP) is 5.25. The Morgan fingerprint density at radius 1 is 1.15 bits per heavy atom. The van der Waals surface area contributed by atoms with Crippen LogP contribution in [-0.2, 0) is 0 Å². The van der Waals surface area contributed by atoms with Crippen LogP contribution in [0.2, 0.25) is 0 Å². The van der Waals surface area contributed by atoms with Crippen molar-refractivity contribution in [2.24, 2.45) is 0 Å². The molecule has 172 valence electrons. The van der Waals surface area contributed by atoms with Crippen LogP contribution in [-0.4, -0.2) is 31.7 Å². The van der Waals surface area contributed by atoms with Crippen LogP contribution < -0.4 is 10.2 Å². The maximum absolute atomic E-state index is 12.3. The highest BCUT2D eigenvalue weighted by Gasteiger charge is 2.24. The van der Waals surface area contributed by atoms with E-state index in [4.69, 9.17) is 14.1 Å². The highest BCUT2D eigenvalue weighted by Crippen LogP contribution is 2.38. The fourth-order valence-corrected chi connectivity index (χ4v) is 4.77. The maximum Gasteiger partial charge on any atom is 0.227 e. The van der Waals surface area contributed by atoms with Gasteiger partial charge in [0, 0.05) is 40.2 Å². The molecule has 34 heavy (non-hydrogen) atoms. The van der Waals surface area contributed by atoms with Gasteiger partial charge in [0.15, 0.2) is 10.9 Å². The Hall–Kier alpha value is -4.11. The Balaban J connectivity index is 1.74. The smallest absolute Gasteiger partial charge is 0.227 e. The van der Waals surface area contributed by atoms with Gasteiger partial charge in [-0.05, 0) is 51.1 Å². The summed E-state index contributed by atoms with van der Waals surface area (Å²) < 4.78 is 13.1. The topological polar surface area (TPSA) is 106 Å². The normalized spacial score (nSPS) is 11.2. The van der Waals surface area contributed by atoms with Gasteiger partial charge in [-0.25, -0.2) is 9.97 Å². The van der Waals surface area contributed by atoms with E-state index in [9.17, 15) is 9.90 Å². The SMILES string of the molecule is COc1ccc(-c2nc(-c3cc(C)n(-c4nccs4)c3C)[nH]c2-c2oc(C)cc(=O)c2O)cc1. The second-order valence-corrected chi connectivity index (χ2v) is 8.74. The number of aromatic hydroxyl groups is 1. The van der Waals surface area contributed by atoms with E-state index in [0.717, 1.165) is 27.6 Å². The van der Waals surface area contributed by atoms with Crippen LogP contribution in [0.5, 0.6) is 11.5 Å². The molecule has 8 nitrogen and oxygen atoms in total. The molecule has 9 heteroatoms. The lowest BCUT2D eigenvalue weighted by atomic mass is 10.1. The summed E-state index contributed by atoms with van der Waals surface area (Å²) >= 11 is 1.55.